The van der Waals surface area contributed by atoms with E-state index in [4.69, 9.17) is 0 Å². The number of hydrogen-bond acceptors (Lipinski definition) is 0. The van der Waals surface area contributed by atoms with Crippen molar-refractivity contribution in [3.05, 3.63) is 95.1 Å². The topological polar surface area (TPSA) is 0 Å². The first kappa shape index (κ1) is 13.3. The Kier molecular flexibility index (Phi) is 3.52. The van der Waals surface area contributed by atoms with Gasteiger partial charge in [0.15, 0.2) is 0 Å². The Bertz CT molecular complexity index is 745. The maximum atomic E-state index is 2.44. The second-order valence-corrected chi connectivity index (χ2v) is 6.14. The van der Waals surface area contributed by atoms with Crippen LogP contribution in [0.5, 0.6) is 0 Å². The molecule has 4 rings (SSSR count). The molecule has 0 saturated heterocycles. The van der Waals surface area contributed by atoms with E-state index in [1.54, 1.807) is 5.57 Å². The Balaban J connectivity index is 1.74. The summed E-state index contributed by atoms with van der Waals surface area (Å²) in [4.78, 5) is 0. The molecule has 0 spiro atoms. The monoisotopic (exact) mass is 284 g/mol. The van der Waals surface area contributed by atoms with Crippen LogP contribution in [0.2, 0.25) is 0 Å². The minimum atomic E-state index is 0.648. The lowest BCUT2D eigenvalue weighted by atomic mass is 9.94. The molecule has 0 heterocycles. The van der Waals surface area contributed by atoms with E-state index >= 15 is 0 Å². The van der Waals surface area contributed by atoms with Gasteiger partial charge < -0.3 is 0 Å². The number of allylic oxidation sites excluding steroid dienone is 5. The highest BCUT2D eigenvalue weighted by Gasteiger charge is 2.30. The molecule has 0 heteroatoms. The molecule has 0 N–H and O–H groups in total. The molecule has 0 aliphatic heterocycles. The average Bonchev–Trinajstić information content (AvgIpc) is 3.16. The molecule has 0 amide bonds. The van der Waals surface area contributed by atoms with Crippen molar-refractivity contribution in [1.82, 2.24) is 0 Å². The van der Waals surface area contributed by atoms with Crippen LogP contribution in [0, 0.1) is 5.92 Å². The minimum absolute atomic E-state index is 0.648. The number of hydrogen-bond donors (Lipinski definition) is 0. The lowest BCUT2D eigenvalue weighted by molar-refractivity contribution is 0.748. The molecule has 1 fully saturated rings. The molecule has 2 aliphatic rings. The van der Waals surface area contributed by atoms with E-state index in [0.717, 1.165) is 0 Å². The predicted molar refractivity (Wildman–Crippen MR) is 94.3 cm³/mol. The molecule has 0 aromatic heterocycles. The van der Waals surface area contributed by atoms with Crippen molar-refractivity contribution in [2.75, 3.05) is 0 Å². The Morgan fingerprint density at radius 2 is 1.55 bits per heavy atom. The van der Waals surface area contributed by atoms with Gasteiger partial charge in [-0.1, -0.05) is 84.5 Å². The van der Waals surface area contributed by atoms with Crippen LogP contribution in [0.25, 0.3) is 11.6 Å². The highest BCUT2D eigenvalue weighted by molar-refractivity contribution is 5.84. The highest BCUT2D eigenvalue weighted by Crippen LogP contribution is 2.46. The summed E-state index contributed by atoms with van der Waals surface area (Å²) in [7, 11) is 0. The van der Waals surface area contributed by atoms with E-state index in [0.29, 0.717) is 5.92 Å². The van der Waals surface area contributed by atoms with Gasteiger partial charge >= 0.3 is 0 Å². The summed E-state index contributed by atoms with van der Waals surface area (Å²) < 4.78 is 0. The fraction of sp³-hybridized carbons (Fsp3) is 0.182. The fourth-order valence-corrected chi connectivity index (χ4v) is 3.68. The molecular weight excluding hydrogens is 264 g/mol. The maximum absolute atomic E-state index is 2.44. The number of fused-ring (bicyclic) bond motifs is 1. The van der Waals surface area contributed by atoms with Crippen LogP contribution in [0.1, 0.15) is 30.4 Å². The number of rotatable bonds is 3. The van der Waals surface area contributed by atoms with Gasteiger partial charge in [0.1, 0.15) is 0 Å². The van der Waals surface area contributed by atoms with Gasteiger partial charge in [0.2, 0.25) is 0 Å². The molecular formula is C22H20. The summed E-state index contributed by atoms with van der Waals surface area (Å²) in [6.07, 6.45) is 10.9. The van der Waals surface area contributed by atoms with Crippen molar-refractivity contribution < 1.29 is 0 Å². The van der Waals surface area contributed by atoms with Crippen molar-refractivity contribution >= 4 is 11.6 Å². The smallest absolute Gasteiger partial charge is 0.00577 e. The standard InChI is InChI=1S/C22H20/c1-3-8-17(9-4-1)14-15-21-20-13-7-12-19(20)16-22(21)18-10-5-2-6-11-18/h1-6,8-11,14-16,20H,7,12-13H2. The fourth-order valence-electron chi connectivity index (χ4n) is 3.68. The summed E-state index contributed by atoms with van der Waals surface area (Å²) in [5.41, 5.74) is 7.17. The van der Waals surface area contributed by atoms with Crippen molar-refractivity contribution in [2.45, 2.75) is 19.3 Å². The SMILES string of the molecule is C(=Cc1ccccc1)C1=C(c2ccccc2)C=C2CCCC21. The van der Waals surface area contributed by atoms with E-state index in [9.17, 15) is 0 Å². The molecule has 22 heavy (non-hydrogen) atoms. The molecule has 2 aliphatic carbocycles. The van der Waals surface area contributed by atoms with Crippen LogP contribution in [-0.4, -0.2) is 0 Å². The summed E-state index contributed by atoms with van der Waals surface area (Å²) >= 11 is 0. The zero-order chi connectivity index (χ0) is 14.8. The lowest BCUT2D eigenvalue weighted by Gasteiger charge is -2.10. The highest BCUT2D eigenvalue weighted by atomic mass is 14.3. The van der Waals surface area contributed by atoms with E-state index in [-0.39, 0.29) is 0 Å². The van der Waals surface area contributed by atoms with Crippen LogP contribution in [0.3, 0.4) is 0 Å². The van der Waals surface area contributed by atoms with E-state index in [2.05, 4.69) is 78.9 Å². The van der Waals surface area contributed by atoms with E-state index in [1.165, 1.54) is 41.5 Å². The zero-order valence-electron chi connectivity index (χ0n) is 12.7. The molecule has 1 unspecified atom stereocenters. The van der Waals surface area contributed by atoms with Gasteiger partial charge in [-0.3, -0.25) is 0 Å². The van der Waals surface area contributed by atoms with Crippen molar-refractivity contribution in [3.63, 3.8) is 0 Å². The van der Waals surface area contributed by atoms with Gasteiger partial charge in [-0.2, -0.15) is 0 Å². The van der Waals surface area contributed by atoms with Gasteiger partial charge in [0, 0.05) is 5.92 Å². The van der Waals surface area contributed by atoms with Crippen LogP contribution >= 0.6 is 0 Å². The summed E-state index contributed by atoms with van der Waals surface area (Å²) in [6.45, 7) is 0. The molecule has 0 radical (unpaired) electrons. The number of benzene rings is 2. The Morgan fingerprint density at radius 1 is 0.818 bits per heavy atom. The Morgan fingerprint density at radius 3 is 2.32 bits per heavy atom. The molecule has 2 aromatic rings. The third-order valence-corrected chi connectivity index (χ3v) is 4.76. The molecule has 2 aromatic carbocycles. The molecule has 108 valence electrons. The van der Waals surface area contributed by atoms with Crippen LogP contribution in [0.4, 0.5) is 0 Å². The van der Waals surface area contributed by atoms with Crippen LogP contribution in [0.15, 0.2) is 84.0 Å². The van der Waals surface area contributed by atoms with Crippen molar-refractivity contribution in [2.24, 2.45) is 5.92 Å². The quantitative estimate of drug-likeness (QED) is 0.659. The molecule has 1 atom stereocenters. The Hall–Kier alpha value is -2.34. The summed E-state index contributed by atoms with van der Waals surface area (Å²) in [5.74, 6) is 0.648. The van der Waals surface area contributed by atoms with Crippen LogP contribution in [-0.2, 0) is 0 Å². The van der Waals surface area contributed by atoms with Gasteiger partial charge in [-0.05, 0) is 41.5 Å². The van der Waals surface area contributed by atoms with Crippen molar-refractivity contribution in [1.29, 1.82) is 0 Å². The second kappa shape index (κ2) is 5.81. The average molecular weight is 284 g/mol. The predicted octanol–water partition coefficient (Wildman–Crippen LogP) is 5.89. The second-order valence-electron chi connectivity index (χ2n) is 6.14. The zero-order valence-corrected chi connectivity index (χ0v) is 12.7. The van der Waals surface area contributed by atoms with Gasteiger partial charge in [0.05, 0.1) is 0 Å². The minimum Gasteiger partial charge on any atom is -0.0622 e. The van der Waals surface area contributed by atoms with E-state index < -0.39 is 0 Å². The third-order valence-electron chi connectivity index (χ3n) is 4.76. The molecule has 1 saturated carbocycles. The summed E-state index contributed by atoms with van der Waals surface area (Å²) in [6, 6.07) is 21.4. The normalized spacial score (nSPS) is 20.5. The summed E-state index contributed by atoms with van der Waals surface area (Å²) in [5, 5.41) is 0. The largest absolute Gasteiger partial charge is 0.0622 e. The first-order chi connectivity index (χ1) is 10.9. The van der Waals surface area contributed by atoms with Gasteiger partial charge in [-0.25, -0.2) is 0 Å². The van der Waals surface area contributed by atoms with Gasteiger partial charge in [-0.15, -0.1) is 0 Å². The molecule has 0 nitrogen and oxygen atoms in total. The van der Waals surface area contributed by atoms with Gasteiger partial charge in [0.25, 0.3) is 0 Å². The van der Waals surface area contributed by atoms with Crippen LogP contribution < -0.4 is 0 Å². The molecule has 0 bridgehead atoms. The lowest BCUT2D eigenvalue weighted by Crippen LogP contribution is -1.95. The first-order valence-corrected chi connectivity index (χ1v) is 8.15. The third kappa shape index (κ3) is 2.46. The Labute approximate surface area is 132 Å². The maximum Gasteiger partial charge on any atom is 0.00577 e. The van der Waals surface area contributed by atoms with Crippen molar-refractivity contribution in [3.8, 4) is 0 Å². The first-order valence-electron chi connectivity index (χ1n) is 8.15. The van der Waals surface area contributed by atoms with E-state index in [1.807, 2.05) is 0 Å².